The van der Waals surface area contributed by atoms with Crippen LogP contribution in [0, 0.1) is 0 Å². The normalized spacial score (nSPS) is 15.4. The molecule has 1 aliphatic heterocycles. The monoisotopic (exact) mass is 318 g/mol. The SMILES string of the molecule is c1ccc2c(-c3nc4ccc(N5CCNCC5)cc4[nH]3)n[nH]c2c1. The number of hydrogen-bond acceptors (Lipinski definition) is 4. The predicted molar refractivity (Wildman–Crippen MR) is 96.3 cm³/mol. The second-order valence-electron chi connectivity index (χ2n) is 6.14. The second-order valence-corrected chi connectivity index (χ2v) is 6.14. The summed E-state index contributed by atoms with van der Waals surface area (Å²) in [7, 11) is 0. The first-order valence-electron chi connectivity index (χ1n) is 8.27. The van der Waals surface area contributed by atoms with E-state index in [9.17, 15) is 0 Å². The quantitative estimate of drug-likeness (QED) is 0.531. The molecular weight excluding hydrogens is 300 g/mol. The number of H-pyrrole nitrogens is 2. The molecule has 0 aliphatic carbocycles. The number of para-hydroxylation sites is 1. The van der Waals surface area contributed by atoms with Crippen molar-refractivity contribution < 1.29 is 0 Å². The molecule has 6 heteroatoms. The number of fused-ring (bicyclic) bond motifs is 2. The lowest BCUT2D eigenvalue weighted by atomic mass is 10.2. The summed E-state index contributed by atoms with van der Waals surface area (Å²) in [5.41, 5.74) is 5.15. The number of aromatic nitrogens is 4. The van der Waals surface area contributed by atoms with E-state index in [0.29, 0.717) is 0 Å². The number of nitrogens with zero attached hydrogens (tertiary/aromatic N) is 3. The van der Waals surface area contributed by atoms with Gasteiger partial charge in [-0.15, -0.1) is 0 Å². The molecule has 0 saturated carbocycles. The number of anilines is 1. The van der Waals surface area contributed by atoms with Crippen molar-refractivity contribution in [2.75, 3.05) is 31.1 Å². The molecule has 3 N–H and O–H groups in total. The van der Waals surface area contributed by atoms with Crippen LogP contribution in [0.5, 0.6) is 0 Å². The van der Waals surface area contributed by atoms with Crippen molar-refractivity contribution in [1.82, 2.24) is 25.5 Å². The molecule has 4 aromatic rings. The molecule has 2 aromatic carbocycles. The lowest BCUT2D eigenvalue weighted by molar-refractivity contribution is 0.589. The fraction of sp³-hybridized carbons (Fsp3) is 0.222. The highest BCUT2D eigenvalue weighted by Gasteiger charge is 2.14. The lowest BCUT2D eigenvalue weighted by Crippen LogP contribution is -2.43. The van der Waals surface area contributed by atoms with Gasteiger partial charge in [-0.3, -0.25) is 5.10 Å². The maximum atomic E-state index is 4.72. The summed E-state index contributed by atoms with van der Waals surface area (Å²) in [4.78, 5) is 10.6. The Morgan fingerprint density at radius 1 is 0.958 bits per heavy atom. The topological polar surface area (TPSA) is 72.6 Å². The molecular formula is C18H18N6. The van der Waals surface area contributed by atoms with Gasteiger partial charge >= 0.3 is 0 Å². The Morgan fingerprint density at radius 2 is 1.83 bits per heavy atom. The molecule has 0 spiro atoms. The van der Waals surface area contributed by atoms with Crippen LogP contribution in [0.1, 0.15) is 0 Å². The van der Waals surface area contributed by atoms with Gasteiger partial charge in [0.1, 0.15) is 5.69 Å². The van der Waals surface area contributed by atoms with Crippen LogP contribution in [0.4, 0.5) is 5.69 Å². The van der Waals surface area contributed by atoms with Crippen molar-refractivity contribution in [1.29, 1.82) is 0 Å². The van der Waals surface area contributed by atoms with Gasteiger partial charge in [0.25, 0.3) is 0 Å². The zero-order valence-corrected chi connectivity index (χ0v) is 13.2. The van der Waals surface area contributed by atoms with E-state index in [2.05, 4.69) is 49.7 Å². The number of hydrogen-bond donors (Lipinski definition) is 3. The summed E-state index contributed by atoms with van der Waals surface area (Å²) in [6, 6.07) is 14.5. The Hall–Kier alpha value is -2.86. The van der Waals surface area contributed by atoms with Crippen LogP contribution in [-0.2, 0) is 0 Å². The van der Waals surface area contributed by atoms with E-state index in [1.165, 1.54) is 5.69 Å². The highest BCUT2D eigenvalue weighted by Crippen LogP contribution is 2.27. The van der Waals surface area contributed by atoms with E-state index in [1.807, 2.05) is 18.2 Å². The minimum Gasteiger partial charge on any atom is -0.369 e. The van der Waals surface area contributed by atoms with Gasteiger partial charge in [0, 0.05) is 37.3 Å². The molecule has 0 radical (unpaired) electrons. The third-order valence-corrected chi connectivity index (χ3v) is 4.64. The first-order chi connectivity index (χ1) is 11.9. The summed E-state index contributed by atoms with van der Waals surface area (Å²) in [5.74, 6) is 0.805. The van der Waals surface area contributed by atoms with Crippen molar-refractivity contribution in [3.63, 3.8) is 0 Å². The Morgan fingerprint density at radius 3 is 2.75 bits per heavy atom. The van der Waals surface area contributed by atoms with Gasteiger partial charge in [-0.2, -0.15) is 5.10 Å². The molecule has 3 heterocycles. The minimum atomic E-state index is 0.805. The molecule has 120 valence electrons. The highest BCUT2D eigenvalue weighted by molar-refractivity contribution is 5.93. The van der Waals surface area contributed by atoms with Gasteiger partial charge in [-0.1, -0.05) is 18.2 Å². The van der Waals surface area contributed by atoms with Crippen molar-refractivity contribution in [3.05, 3.63) is 42.5 Å². The lowest BCUT2D eigenvalue weighted by Gasteiger charge is -2.29. The summed E-state index contributed by atoms with van der Waals surface area (Å²) in [6.45, 7) is 4.14. The smallest absolute Gasteiger partial charge is 0.159 e. The first-order valence-corrected chi connectivity index (χ1v) is 8.27. The standard InChI is InChI=1S/C18H18N6/c1-2-4-14-13(3-1)17(23-22-14)18-20-15-6-5-12(11-16(15)21-18)24-9-7-19-8-10-24/h1-6,11,19H,7-10H2,(H,20,21)(H,22,23). The average Bonchev–Trinajstić information content (AvgIpc) is 3.25. The van der Waals surface area contributed by atoms with Crippen molar-refractivity contribution in [3.8, 4) is 11.5 Å². The van der Waals surface area contributed by atoms with E-state index < -0.39 is 0 Å². The van der Waals surface area contributed by atoms with E-state index in [-0.39, 0.29) is 0 Å². The summed E-state index contributed by atoms with van der Waals surface area (Å²) in [5, 5.41) is 12.0. The van der Waals surface area contributed by atoms with Gasteiger partial charge in [0.05, 0.1) is 16.6 Å². The fourth-order valence-corrected chi connectivity index (χ4v) is 3.37. The second kappa shape index (κ2) is 5.35. The predicted octanol–water partition coefficient (Wildman–Crippen LogP) is 2.52. The Labute approximate surface area is 138 Å². The van der Waals surface area contributed by atoms with Crippen LogP contribution in [0.25, 0.3) is 33.5 Å². The molecule has 0 amide bonds. The van der Waals surface area contributed by atoms with E-state index >= 15 is 0 Å². The molecule has 2 aromatic heterocycles. The molecule has 24 heavy (non-hydrogen) atoms. The minimum absolute atomic E-state index is 0.805. The Balaban J connectivity index is 1.58. The van der Waals surface area contributed by atoms with Gasteiger partial charge in [-0.05, 0) is 24.3 Å². The van der Waals surface area contributed by atoms with Gasteiger partial charge in [-0.25, -0.2) is 4.98 Å². The van der Waals surface area contributed by atoms with Crippen LogP contribution < -0.4 is 10.2 Å². The zero-order valence-electron chi connectivity index (χ0n) is 13.2. The number of nitrogens with one attached hydrogen (secondary N) is 3. The third kappa shape index (κ3) is 2.15. The molecule has 0 unspecified atom stereocenters. The molecule has 0 bridgehead atoms. The molecule has 1 fully saturated rings. The molecule has 5 rings (SSSR count). The van der Waals surface area contributed by atoms with Crippen molar-refractivity contribution in [2.45, 2.75) is 0 Å². The fourth-order valence-electron chi connectivity index (χ4n) is 3.37. The van der Waals surface area contributed by atoms with Gasteiger partial charge in [0.15, 0.2) is 5.82 Å². The van der Waals surface area contributed by atoms with E-state index in [1.54, 1.807) is 0 Å². The van der Waals surface area contributed by atoms with E-state index in [0.717, 1.165) is 59.6 Å². The van der Waals surface area contributed by atoms with Crippen LogP contribution in [0.3, 0.4) is 0 Å². The first kappa shape index (κ1) is 13.6. The summed E-state index contributed by atoms with van der Waals surface area (Å²) >= 11 is 0. The number of aromatic amines is 2. The van der Waals surface area contributed by atoms with Crippen molar-refractivity contribution in [2.24, 2.45) is 0 Å². The third-order valence-electron chi connectivity index (χ3n) is 4.64. The highest BCUT2D eigenvalue weighted by atomic mass is 15.2. The van der Waals surface area contributed by atoms with Crippen LogP contribution in [0.2, 0.25) is 0 Å². The number of piperazine rings is 1. The van der Waals surface area contributed by atoms with Gasteiger partial charge < -0.3 is 15.2 Å². The largest absolute Gasteiger partial charge is 0.369 e. The maximum Gasteiger partial charge on any atom is 0.159 e. The number of imidazole rings is 1. The number of benzene rings is 2. The average molecular weight is 318 g/mol. The number of rotatable bonds is 2. The van der Waals surface area contributed by atoms with Crippen LogP contribution in [0.15, 0.2) is 42.5 Å². The summed E-state index contributed by atoms with van der Waals surface area (Å²) < 4.78 is 0. The van der Waals surface area contributed by atoms with Crippen molar-refractivity contribution >= 4 is 27.6 Å². The van der Waals surface area contributed by atoms with E-state index in [4.69, 9.17) is 4.98 Å². The molecule has 1 aliphatic rings. The Kier molecular flexibility index (Phi) is 3.02. The van der Waals surface area contributed by atoms with Crippen LogP contribution in [-0.4, -0.2) is 46.3 Å². The zero-order chi connectivity index (χ0) is 15.9. The molecule has 1 saturated heterocycles. The maximum absolute atomic E-state index is 4.72. The van der Waals surface area contributed by atoms with Gasteiger partial charge in [0.2, 0.25) is 0 Å². The molecule has 0 atom stereocenters. The Bertz CT molecular complexity index is 1010. The molecule has 6 nitrogen and oxygen atoms in total. The van der Waals surface area contributed by atoms with Crippen LogP contribution >= 0.6 is 0 Å². The summed E-state index contributed by atoms with van der Waals surface area (Å²) in [6.07, 6.45) is 0.